The molecule has 1 rings (SSSR count). The van der Waals surface area contributed by atoms with Crippen LogP contribution in [0.2, 0.25) is 0 Å². The van der Waals surface area contributed by atoms with Gasteiger partial charge in [-0.05, 0) is 0 Å². The fourth-order valence-corrected chi connectivity index (χ4v) is 1.33. The second-order valence-corrected chi connectivity index (χ2v) is 3.28. The summed E-state index contributed by atoms with van der Waals surface area (Å²) in [6.45, 7) is 1.14. The lowest BCUT2D eigenvalue weighted by molar-refractivity contribution is -0.144. The number of rotatable bonds is 4. The van der Waals surface area contributed by atoms with Crippen LogP contribution in [0.4, 0.5) is 4.79 Å². The summed E-state index contributed by atoms with van der Waals surface area (Å²) in [7, 11) is 0. The van der Waals surface area contributed by atoms with Gasteiger partial charge in [0.1, 0.15) is 0 Å². The van der Waals surface area contributed by atoms with E-state index >= 15 is 0 Å². The Morgan fingerprint density at radius 2 is 2.12 bits per heavy atom. The number of carboxylic acids is 1. The molecule has 0 aromatic carbocycles. The minimum absolute atomic E-state index is 0.271. The number of carbonyl (C=O) groups is 4. The van der Waals surface area contributed by atoms with Gasteiger partial charge in [0.05, 0.1) is 0 Å². The highest BCUT2D eigenvalue weighted by Gasteiger charge is 2.49. The van der Waals surface area contributed by atoms with Gasteiger partial charge in [-0.1, -0.05) is 0 Å². The Bertz CT molecular complexity index is 366. The van der Waals surface area contributed by atoms with Gasteiger partial charge >= 0.3 is 18.0 Å². The number of ether oxygens (including phenoxy) is 1. The molecular formula is C8H10N2O6. The minimum Gasteiger partial charge on any atom is -0.481 e. The predicted molar refractivity (Wildman–Crippen MR) is 48.0 cm³/mol. The van der Waals surface area contributed by atoms with Gasteiger partial charge in [-0.2, -0.15) is 0 Å². The molecule has 16 heavy (non-hydrogen) atoms. The molecule has 0 aromatic heterocycles. The van der Waals surface area contributed by atoms with Gasteiger partial charge in [0.15, 0.2) is 0 Å². The van der Waals surface area contributed by atoms with Gasteiger partial charge in [0.25, 0.3) is 0 Å². The zero-order chi connectivity index (χ0) is 12.3. The SMILES string of the molecule is CC(=O)NC1(CCC(=O)O)NC(=O)OC1=O. The average Bonchev–Trinajstić information content (AvgIpc) is 2.38. The predicted octanol–water partition coefficient (Wildman–Crippen LogP) is -1.05. The maximum atomic E-state index is 11.3. The van der Waals surface area contributed by atoms with Crippen LogP contribution in [0.25, 0.3) is 0 Å². The maximum Gasteiger partial charge on any atom is 0.417 e. The molecule has 8 nitrogen and oxygen atoms in total. The van der Waals surface area contributed by atoms with Crippen molar-refractivity contribution < 1.29 is 29.0 Å². The number of hydrogen-bond acceptors (Lipinski definition) is 5. The molecule has 88 valence electrons. The molecule has 1 aliphatic rings. The van der Waals surface area contributed by atoms with E-state index in [0.717, 1.165) is 6.92 Å². The van der Waals surface area contributed by atoms with Gasteiger partial charge in [0.2, 0.25) is 11.6 Å². The Hall–Kier alpha value is -2.12. The van der Waals surface area contributed by atoms with E-state index in [1.807, 2.05) is 0 Å². The fraction of sp³-hybridized carbons (Fsp3) is 0.500. The molecule has 1 saturated heterocycles. The van der Waals surface area contributed by atoms with E-state index in [9.17, 15) is 19.2 Å². The molecule has 0 bridgehead atoms. The van der Waals surface area contributed by atoms with E-state index in [2.05, 4.69) is 15.4 Å². The van der Waals surface area contributed by atoms with E-state index < -0.39 is 36.0 Å². The normalized spacial score (nSPS) is 23.6. The summed E-state index contributed by atoms with van der Waals surface area (Å²) in [6, 6.07) is 0. The van der Waals surface area contributed by atoms with E-state index in [1.165, 1.54) is 0 Å². The van der Waals surface area contributed by atoms with Crippen LogP contribution in [-0.2, 0) is 19.1 Å². The van der Waals surface area contributed by atoms with Crippen molar-refractivity contribution >= 4 is 23.9 Å². The van der Waals surface area contributed by atoms with Gasteiger partial charge in [-0.25, -0.2) is 9.59 Å². The van der Waals surface area contributed by atoms with Crippen molar-refractivity contribution in [2.24, 2.45) is 0 Å². The first-order chi connectivity index (χ1) is 7.35. The largest absolute Gasteiger partial charge is 0.481 e. The number of hydrogen-bond donors (Lipinski definition) is 3. The molecule has 1 atom stereocenters. The molecule has 3 N–H and O–H groups in total. The van der Waals surface area contributed by atoms with Gasteiger partial charge in [-0.3, -0.25) is 14.9 Å². The first kappa shape index (κ1) is 12.0. The Morgan fingerprint density at radius 1 is 1.50 bits per heavy atom. The van der Waals surface area contributed by atoms with E-state index in [-0.39, 0.29) is 6.42 Å². The van der Waals surface area contributed by atoms with E-state index in [0.29, 0.717) is 0 Å². The first-order valence-electron chi connectivity index (χ1n) is 4.41. The smallest absolute Gasteiger partial charge is 0.417 e. The third kappa shape index (κ3) is 2.47. The maximum absolute atomic E-state index is 11.3. The lowest BCUT2D eigenvalue weighted by Crippen LogP contribution is -2.59. The number of aliphatic carboxylic acids is 1. The van der Waals surface area contributed by atoms with Crippen LogP contribution < -0.4 is 10.6 Å². The quantitative estimate of drug-likeness (QED) is 0.418. The summed E-state index contributed by atoms with van der Waals surface area (Å²) < 4.78 is 4.21. The number of esters is 1. The Kier molecular flexibility index (Phi) is 3.11. The Morgan fingerprint density at radius 3 is 2.50 bits per heavy atom. The van der Waals surface area contributed by atoms with Crippen molar-refractivity contribution in [2.75, 3.05) is 0 Å². The van der Waals surface area contributed by atoms with E-state index in [4.69, 9.17) is 5.11 Å². The molecule has 1 heterocycles. The number of carboxylic acid groups (broad SMARTS) is 1. The fourth-order valence-electron chi connectivity index (χ4n) is 1.33. The minimum atomic E-state index is -1.76. The number of cyclic esters (lactones) is 2. The second kappa shape index (κ2) is 4.17. The van der Waals surface area contributed by atoms with Crippen molar-refractivity contribution in [3.8, 4) is 0 Å². The molecular weight excluding hydrogens is 220 g/mol. The van der Waals surface area contributed by atoms with Gasteiger partial charge < -0.3 is 15.2 Å². The van der Waals surface area contributed by atoms with Crippen molar-refractivity contribution in [3.05, 3.63) is 0 Å². The Labute approximate surface area is 89.9 Å². The number of alkyl carbamates (subject to hydrolysis) is 1. The highest BCUT2D eigenvalue weighted by molar-refractivity contribution is 6.00. The topological polar surface area (TPSA) is 122 Å². The number of carbonyl (C=O) groups excluding carboxylic acids is 3. The second-order valence-electron chi connectivity index (χ2n) is 3.28. The molecule has 0 aromatic rings. The summed E-state index contributed by atoms with van der Waals surface area (Å²) in [6.07, 6.45) is -1.67. The third-order valence-electron chi connectivity index (χ3n) is 1.95. The molecule has 0 spiro atoms. The van der Waals surface area contributed by atoms with Crippen LogP contribution >= 0.6 is 0 Å². The monoisotopic (exact) mass is 230 g/mol. The molecule has 1 aliphatic heterocycles. The molecule has 0 aliphatic carbocycles. The highest BCUT2D eigenvalue weighted by Crippen LogP contribution is 2.18. The summed E-state index contributed by atoms with van der Waals surface area (Å²) in [5.41, 5.74) is -1.76. The third-order valence-corrected chi connectivity index (χ3v) is 1.95. The molecule has 0 saturated carbocycles. The summed E-state index contributed by atoms with van der Waals surface area (Å²) in [4.78, 5) is 43.5. The van der Waals surface area contributed by atoms with Crippen LogP contribution in [0.15, 0.2) is 0 Å². The summed E-state index contributed by atoms with van der Waals surface area (Å²) in [5, 5.41) is 12.8. The molecule has 2 amide bonds. The molecule has 1 unspecified atom stereocenters. The van der Waals surface area contributed by atoms with Crippen LogP contribution in [0, 0.1) is 0 Å². The summed E-state index contributed by atoms with van der Waals surface area (Å²) in [5.74, 6) is -2.74. The lowest BCUT2D eigenvalue weighted by Gasteiger charge is -2.23. The lowest BCUT2D eigenvalue weighted by atomic mass is 10.0. The summed E-state index contributed by atoms with van der Waals surface area (Å²) >= 11 is 0. The van der Waals surface area contributed by atoms with Crippen LogP contribution in [-0.4, -0.2) is 34.7 Å². The number of amides is 2. The highest BCUT2D eigenvalue weighted by atomic mass is 16.6. The molecule has 8 heteroatoms. The zero-order valence-corrected chi connectivity index (χ0v) is 8.40. The molecule has 1 fully saturated rings. The number of nitrogens with one attached hydrogen (secondary N) is 2. The van der Waals surface area contributed by atoms with Crippen molar-refractivity contribution in [2.45, 2.75) is 25.4 Å². The van der Waals surface area contributed by atoms with Gasteiger partial charge in [0, 0.05) is 19.8 Å². The standard InChI is InChI=1S/C8H10N2O6/c1-4(11)9-8(3-2-5(12)13)6(14)16-7(15)10-8/h2-3H2,1H3,(H,9,11)(H,10,15)(H,12,13). The van der Waals surface area contributed by atoms with Gasteiger partial charge in [-0.15, -0.1) is 0 Å². The average molecular weight is 230 g/mol. The van der Waals surface area contributed by atoms with Crippen LogP contribution in [0.1, 0.15) is 19.8 Å². The van der Waals surface area contributed by atoms with Crippen LogP contribution in [0.3, 0.4) is 0 Å². The van der Waals surface area contributed by atoms with E-state index in [1.54, 1.807) is 0 Å². The zero-order valence-electron chi connectivity index (χ0n) is 8.40. The van der Waals surface area contributed by atoms with Crippen molar-refractivity contribution in [3.63, 3.8) is 0 Å². The molecule has 0 radical (unpaired) electrons. The van der Waals surface area contributed by atoms with Crippen molar-refractivity contribution in [1.29, 1.82) is 0 Å². The first-order valence-corrected chi connectivity index (χ1v) is 4.41. The van der Waals surface area contributed by atoms with Crippen molar-refractivity contribution in [1.82, 2.24) is 10.6 Å². The van der Waals surface area contributed by atoms with Crippen LogP contribution in [0.5, 0.6) is 0 Å². The Balaban J connectivity index is 2.84.